The first-order valence-electron chi connectivity index (χ1n) is 16.3. The Balaban J connectivity index is 1.29. The number of nitrogens with one attached hydrogen (secondary N) is 1. The first-order valence-corrected chi connectivity index (χ1v) is 16.3. The summed E-state index contributed by atoms with van der Waals surface area (Å²) in [7, 11) is 0. The summed E-state index contributed by atoms with van der Waals surface area (Å²) < 4.78 is 11.5. The van der Waals surface area contributed by atoms with E-state index in [4.69, 9.17) is 9.47 Å². The number of esters is 1. The molecule has 4 aromatic carbocycles. The van der Waals surface area contributed by atoms with Crippen molar-refractivity contribution in [2.24, 2.45) is 0 Å². The van der Waals surface area contributed by atoms with Crippen LogP contribution in [0.5, 0.6) is 11.5 Å². The zero-order valence-corrected chi connectivity index (χ0v) is 27.0. The quantitative estimate of drug-likeness (QED) is 0.0615. The average Bonchev–Trinajstić information content (AvgIpc) is 3.10. The number of hydrogen-bond acceptors (Lipinski definition) is 6. The number of carbonyl (C=O) groups excluding carboxylic acids is 2. The summed E-state index contributed by atoms with van der Waals surface area (Å²) >= 11 is 0. The molecule has 0 aliphatic heterocycles. The lowest BCUT2D eigenvalue weighted by molar-refractivity contribution is -0.138. The topological polar surface area (TPSA) is 105 Å². The predicted molar refractivity (Wildman–Crippen MR) is 184 cm³/mol. The van der Waals surface area contributed by atoms with E-state index in [9.17, 15) is 19.5 Å². The minimum atomic E-state index is -1.03. The third-order valence-electron chi connectivity index (χ3n) is 7.74. The fraction of sp³-hybridized carbons (Fsp3) is 0.308. The minimum Gasteiger partial charge on any atom is -0.494 e. The molecule has 1 unspecified atom stereocenters. The molecule has 0 saturated heterocycles. The lowest BCUT2D eigenvalue weighted by Gasteiger charge is -2.23. The van der Waals surface area contributed by atoms with Crippen LogP contribution in [0.3, 0.4) is 0 Å². The van der Waals surface area contributed by atoms with Crippen molar-refractivity contribution in [3.05, 3.63) is 126 Å². The van der Waals surface area contributed by atoms with E-state index in [1.165, 1.54) is 0 Å². The number of benzene rings is 4. The number of aliphatic carboxylic acids is 1. The van der Waals surface area contributed by atoms with Crippen LogP contribution in [0.1, 0.15) is 66.9 Å². The van der Waals surface area contributed by atoms with Crippen molar-refractivity contribution in [3.63, 3.8) is 0 Å². The molecule has 1 atom stereocenters. The zero-order valence-electron chi connectivity index (χ0n) is 27.0. The number of rotatable bonds is 19. The molecule has 0 saturated carbocycles. The van der Waals surface area contributed by atoms with Gasteiger partial charge in [0.2, 0.25) is 5.91 Å². The van der Waals surface area contributed by atoms with Crippen molar-refractivity contribution < 1.29 is 29.0 Å². The smallest absolute Gasteiger partial charge is 0.343 e. The Labute approximate surface area is 277 Å². The van der Waals surface area contributed by atoms with E-state index in [-0.39, 0.29) is 18.1 Å². The molecular formula is C39H44N2O6. The molecule has 2 N–H and O–H groups in total. The van der Waals surface area contributed by atoms with Gasteiger partial charge in [0, 0.05) is 25.9 Å². The normalized spacial score (nSPS) is 11.3. The van der Waals surface area contributed by atoms with Crippen molar-refractivity contribution in [2.75, 3.05) is 18.5 Å². The summed E-state index contributed by atoms with van der Waals surface area (Å²) in [4.78, 5) is 39.7. The highest BCUT2D eigenvalue weighted by Gasteiger charge is 2.21. The number of ether oxygens (including phenoxy) is 2. The molecule has 0 spiro atoms. The number of unbranched alkanes of at least 4 members (excludes halogenated alkanes) is 3. The highest BCUT2D eigenvalue weighted by Crippen LogP contribution is 2.26. The van der Waals surface area contributed by atoms with E-state index >= 15 is 0 Å². The van der Waals surface area contributed by atoms with Gasteiger partial charge in [0.15, 0.2) is 5.75 Å². The third-order valence-corrected chi connectivity index (χ3v) is 7.74. The van der Waals surface area contributed by atoms with Gasteiger partial charge in [0.05, 0.1) is 17.9 Å². The molecule has 246 valence electrons. The third kappa shape index (κ3) is 11.6. The van der Waals surface area contributed by atoms with Crippen LogP contribution in [0.25, 0.3) is 0 Å². The lowest BCUT2D eigenvalue weighted by atomic mass is 10.1. The van der Waals surface area contributed by atoms with Crippen LogP contribution in [0.15, 0.2) is 109 Å². The number of carbonyl (C=O) groups is 3. The van der Waals surface area contributed by atoms with Crippen LogP contribution in [0, 0.1) is 0 Å². The van der Waals surface area contributed by atoms with Gasteiger partial charge in [0.1, 0.15) is 11.8 Å². The van der Waals surface area contributed by atoms with Crippen LogP contribution in [-0.2, 0) is 22.6 Å². The monoisotopic (exact) mass is 636 g/mol. The van der Waals surface area contributed by atoms with Crippen molar-refractivity contribution in [1.82, 2.24) is 4.90 Å². The summed E-state index contributed by atoms with van der Waals surface area (Å²) in [5, 5.41) is 13.0. The predicted octanol–water partition coefficient (Wildman–Crippen LogP) is 7.78. The Morgan fingerprint density at radius 3 is 2.15 bits per heavy atom. The van der Waals surface area contributed by atoms with E-state index < -0.39 is 18.0 Å². The van der Waals surface area contributed by atoms with Crippen molar-refractivity contribution >= 4 is 23.5 Å². The zero-order chi connectivity index (χ0) is 33.3. The molecule has 0 bridgehead atoms. The fourth-order valence-electron chi connectivity index (χ4n) is 5.16. The molecule has 0 fully saturated rings. The van der Waals surface area contributed by atoms with Crippen LogP contribution in [0.2, 0.25) is 0 Å². The highest BCUT2D eigenvalue weighted by molar-refractivity contribution is 5.92. The number of nitrogens with zero attached hydrogens (tertiary/aromatic N) is 1. The standard InChI is InChI=1S/C39H44N2O6/c1-2-3-4-11-21-37(42)41(29-31-15-7-5-8-16-31)26-14-27-46-33-24-22-30(23-25-33)28-35(38(43)44)40-34-19-12-13-20-36(34)47-39(45)32-17-9-6-10-18-32/h5-10,12-13,15-20,22-25,35,40H,2-4,11,14,21,26-29H2,1H3,(H,43,44). The Morgan fingerprint density at radius 1 is 0.766 bits per heavy atom. The van der Waals surface area contributed by atoms with Gasteiger partial charge in [0.25, 0.3) is 0 Å². The molecule has 0 heterocycles. The SMILES string of the molecule is CCCCCCC(=O)N(CCCOc1ccc(CC(Nc2ccccc2OC(=O)c2ccccc2)C(=O)O)cc1)Cc1ccccc1. The number of anilines is 1. The number of carboxylic acid groups (broad SMARTS) is 1. The maximum Gasteiger partial charge on any atom is 0.343 e. The van der Waals surface area contributed by atoms with Crippen LogP contribution in [-0.4, -0.2) is 47.0 Å². The van der Waals surface area contributed by atoms with Gasteiger partial charge >= 0.3 is 11.9 Å². The first kappa shape index (κ1) is 34.8. The summed E-state index contributed by atoms with van der Waals surface area (Å²) in [6, 6.07) is 31.8. The van der Waals surface area contributed by atoms with Crippen molar-refractivity contribution in [2.45, 2.75) is 64.5 Å². The van der Waals surface area contributed by atoms with Crippen molar-refractivity contribution in [1.29, 1.82) is 0 Å². The number of para-hydroxylation sites is 2. The molecule has 0 aliphatic carbocycles. The van der Waals surface area contributed by atoms with Gasteiger partial charge in [-0.05, 0) is 60.4 Å². The van der Waals surface area contributed by atoms with Crippen molar-refractivity contribution in [3.8, 4) is 11.5 Å². The number of amides is 1. The summed E-state index contributed by atoms with van der Waals surface area (Å²) in [5.41, 5.74) is 2.72. The second-order valence-electron chi connectivity index (χ2n) is 11.4. The maximum atomic E-state index is 13.0. The Bertz CT molecular complexity index is 1540. The van der Waals surface area contributed by atoms with E-state index in [2.05, 4.69) is 12.2 Å². The highest BCUT2D eigenvalue weighted by atomic mass is 16.5. The van der Waals surface area contributed by atoms with Gasteiger partial charge in [-0.3, -0.25) is 4.79 Å². The Hall–Kier alpha value is -5.11. The Morgan fingerprint density at radius 2 is 1.45 bits per heavy atom. The molecule has 0 aromatic heterocycles. The molecule has 47 heavy (non-hydrogen) atoms. The first-order chi connectivity index (χ1) is 22.9. The van der Waals surface area contributed by atoms with Gasteiger partial charge < -0.3 is 24.8 Å². The van der Waals surface area contributed by atoms with E-state index in [1.807, 2.05) is 65.6 Å². The Kier molecular flexibility index (Phi) is 13.9. The average molecular weight is 637 g/mol. The molecule has 0 radical (unpaired) electrons. The molecular weight excluding hydrogens is 592 g/mol. The maximum absolute atomic E-state index is 13.0. The summed E-state index contributed by atoms with van der Waals surface area (Å²) in [6.45, 7) is 3.80. The second kappa shape index (κ2) is 18.8. The number of carboxylic acids is 1. The number of hydrogen-bond donors (Lipinski definition) is 2. The van der Waals surface area contributed by atoms with Crippen LogP contribution in [0.4, 0.5) is 5.69 Å². The molecule has 1 amide bonds. The van der Waals surface area contributed by atoms with Gasteiger partial charge in [-0.15, -0.1) is 0 Å². The van der Waals surface area contributed by atoms with Gasteiger partial charge in [-0.2, -0.15) is 0 Å². The van der Waals surface area contributed by atoms with E-state index in [0.717, 1.165) is 36.8 Å². The fourth-order valence-corrected chi connectivity index (χ4v) is 5.16. The largest absolute Gasteiger partial charge is 0.494 e. The lowest BCUT2D eigenvalue weighted by Crippen LogP contribution is -2.32. The van der Waals surface area contributed by atoms with E-state index in [1.54, 1.807) is 48.5 Å². The summed E-state index contributed by atoms with van der Waals surface area (Å²) in [5.74, 6) is -0.466. The van der Waals surface area contributed by atoms with Crippen LogP contribution < -0.4 is 14.8 Å². The van der Waals surface area contributed by atoms with Gasteiger partial charge in [-0.25, -0.2) is 9.59 Å². The van der Waals surface area contributed by atoms with E-state index in [0.29, 0.717) is 49.5 Å². The molecule has 0 aliphatic rings. The minimum absolute atomic E-state index is 0.174. The van der Waals surface area contributed by atoms with Crippen LogP contribution >= 0.6 is 0 Å². The molecule has 4 aromatic rings. The summed E-state index contributed by atoms with van der Waals surface area (Å²) in [6.07, 6.45) is 5.71. The molecule has 4 rings (SSSR count). The van der Waals surface area contributed by atoms with Gasteiger partial charge in [-0.1, -0.05) is 99.0 Å². The second-order valence-corrected chi connectivity index (χ2v) is 11.4. The molecule has 8 heteroatoms. The molecule has 8 nitrogen and oxygen atoms in total.